The lowest BCUT2D eigenvalue weighted by Crippen LogP contribution is -2.39. The average molecular weight is 367 g/mol. The summed E-state index contributed by atoms with van der Waals surface area (Å²) in [6.07, 6.45) is 1.85. The predicted octanol–water partition coefficient (Wildman–Crippen LogP) is 2.40. The molecule has 1 aliphatic rings. The number of aromatic nitrogens is 1. The molecule has 2 N–H and O–H groups in total. The number of morpholine rings is 1. The zero-order valence-electron chi connectivity index (χ0n) is 16.5. The minimum absolute atomic E-state index is 0.674. The average Bonchev–Trinajstić information content (AvgIpc) is 2.70. The highest BCUT2D eigenvalue weighted by atomic mass is 16.5. The van der Waals surface area contributed by atoms with Gasteiger partial charge in [0.1, 0.15) is 5.82 Å². The number of pyridine rings is 1. The first-order chi connectivity index (χ1) is 13.2. The first-order valence-electron chi connectivity index (χ1n) is 9.44. The fourth-order valence-corrected chi connectivity index (χ4v) is 3.25. The molecule has 0 amide bonds. The number of hydrogen-bond donors (Lipinski definition) is 2. The lowest BCUT2D eigenvalue weighted by molar-refractivity contribution is 0.122. The largest absolute Gasteiger partial charge is 0.378 e. The summed E-state index contributed by atoms with van der Waals surface area (Å²) in [7, 11) is 1.80. The molecule has 0 aliphatic carbocycles. The van der Waals surface area contributed by atoms with E-state index in [0.717, 1.165) is 50.2 Å². The molecule has 1 saturated heterocycles. The van der Waals surface area contributed by atoms with Crippen LogP contribution in [0.4, 0.5) is 5.82 Å². The Morgan fingerprint density at radius 3 is 2.56 bits per heavy atom. The number of anilines is 1. The molecule has 0 atom stereocenters. The summed E-state index contributed by atoms with van der Waals surface area (Å²) in [5, 5.41) is 6.81. The van der Waals surface area contributed by atoms with Crippen molar-refractivity contribution >= 4 is 11.8 Å². The van der Waals surface area contributed by atoms with E-state index in [-0.39, 0.29) is 0 Å². The lowest BCUT2D eigenvalue weighted by Gasteiger charge is -2.29. The molecule has 6 heteroatoms. The predicted molar refractivity (Wildman–Crippen MR) is 110 cm³/mol. The maximum atomic E-state index is 5.45. The van der Waals surface area contributed by atoms with E-state index < -0.39 is 0 Å². The minimum Gasteiger partial charge on any atom is -0.378 e. The number of rotatable bonds is 5. The quantitative estimate of drug-likeness (QED) is 0.628. The van der Waals surface area contributed by atoms with Gasteiger partial charge in [-0.25, -0.2) is 4.98 Å². The Labute approximate surface area is 161 Å². The van der Waals surface area contributed by atoms with Crippen LogP contribution in [0.3, 0.4) is 0 Å². The zero-order chi connectivity index (χ0) is 19.1. The first kappa shape index (κ1) is 19.2. The summed E-state index contributed by atoms with van der Waals surface area (Å²) in [4.78, 5) is 11.2. The van der Waals surface area contributed by atoms with E-state index >= 15 is 0 Å². The van der Waals surface area contributed by atoms with Gasteiger partial charge in [-0.1, -0.05) is 29.8 Å². The molecule has 1 aromatic heterocycles. The van der Waals surface area contributed by atoms with Crippen molar-refractivity contribution in [2.24, 2.45) is 4.99 Å². The summed E-state index contributed by atoms with van der Waals surface area (Å²) in [5.74, 6) is 1.81. The lowest BCUT2D eigenvalue weighted by atomic mass is 10.1. The van der Waals surface area contributed by atoms with Crippen molar-refractivity contribution in [3.8, 4) is 0 Å². The van der Waals surface area contributed by atoms with Crippen molar-refractivity contribution in [1.82, 2.24) is 15.6 Å². The number of nitrogens with one attached hydrogen (secondary N) is 2. The monoisotopic (exact) mass is 367 g/mol. The Balaban J connectivity index is 1.59. The van der Waals surface area contributed by atoms with E-state index in [1.54, 1.807) is 7.05 Å². The highest BCUT2D eigenvalue weighted by Gasteiger charge is 2.15. The molecule has 2 aromatic rings. The summed E-state index contributed by atoms with van der Waals surface area (Å²) < 4.78 is 5.45. The summed E-state index contributed by atoms with van der Waals surface area (Å²) >= 11 is 0. The minimum atomic E-state index is 0.674. The van der Waals surface area contributed by atoms with Crippen LogP contribution in [0.25, 0.3) is 0 Å². The molecular weight excluding hydrogens is 338 g/mol. The summed E-state index contributed by atoms with van der Waals surface area (Å²) in [5.41, 5.74) is 5.01. The van der Waals surface area contributed by atoms with Gasteiger partial charge >= 0.3 is 0 Å². The van der Waals surface area contributed by atoms with Crippen molar-refractivity contribution in [3.63, 3.8) is 0 Å². The number of aryl methyl sites for hydroxylation is 2. The van der Waals surface area contributed by atoms with Crippen molar-refractivity contribution in [2.45, 2.75) is 26.9 Å². The molecule has 0 saturated carbocycles. The maximum Gasteiger partial charge on any atom is 0.191 e. The molecule has 6 nitrogen and oxygen atoms in total. The maximum absolute atomic E-state index is 5.45. The Morgan fingerprint density at radius 1 is 1.11 bits per heavy atom. The van der Waals surface area contributed by atoms with Crippen molar-refractivity contribution in [2.75, 3.05) is 38.3 Å². The van der Waals surface area contributed by atoms with E-state index in [4.69, 9.17) is 4.74 Å². The van der Waals surface area contributed by atoms with Crippen molar-refractivity contribution < 1.29 is 4.74 Å². The van der Waals surface area contributed by atoms with Crippen LogP contribution in [0.1, 0.15) is 22.3 Å². The molecule has 3 rings (SSSR count). The third kappa shape index (κ3) is 5.20. The molecule has 1 aromatic carbocycles. The van der Waals surface area contributed by atoms with Gasteiger partial charge in [-0.2, -0.15) is 0 Å². The van der Waals surface area contributed by atoms with E-state index in [1.807, 2.05) is 12.3 Å². The number of ether oxygens (including phenoxy) is 1. The summed E-state index contributed by atoms with van der Waals surface area (Å²) in [6, 6.07) is 10.6. The second-order valence-corrected chi connectivity index (χ2v) is 6.79. The highest BCUT2D eigenvalue weighted by Crippen LogP contribution is 2.18. The number of nitrogens with zero attached hydrogens (tertiary/aromatic N) is 3. The van der Waals surface area contributed by atoms with Gasteiger partial charge in [0.2, 0.25) is 0 Å². The normalized spacial score (nSPS) is 14.9. The molecule has 0 bridgehead atoms. The van der Waals surface area contributed by atoms with Gasteiger partial charge in [0.15, 0.2) is 5.96 Å². The van der Waals surface area contributed by atoms with E-state index in [0.29, 0.717) is 6.54 Å². The molecule has 0 unspecified atom stereocenters. The highest BCUT2D eigenvalue weighted by molar-refractivity contribution is 5.79. The van der Waals surface area contributed by atoms with Crippen LogP contribution in [0.15, 0.2) is 41.5 Å². The van der Waals surface area contributed by atoms with Crippen LogP contribution in [-0.2, 0) is 17.8 Å². The van der Waals surface area contributed by atoms with Crippen LogP contribution in [0.2, 0.25) is 0 Å². The molecule has 144 valence electrons. The molecule has 1 aliphatic heterocycles. The molecular formula is C21H29N5O. The summed E-state index contributed by atoms with van der Waals surface area (Å²) in [6.45, 7) is 8.94. The topological polar surface area (TPSA) is 61.8 Å². The third-order valence-corrected chi connectivity index (χ3v) is 4.79. The van der Waals surface area contributed by atoms with E-state index in [1.165, 1.54) is 16.7 Å². The van der Waals surface area contributed by atoms with Crippen LogP contribution in [-0.4, -0.2) is 44.3 Å². The van der Waals surface area contributed by atoms with Gasteiger partial charge in [0.05, 0.1) is 13.2 Å². The molecule has 0 radical (unpaired) electrons. The number of hydrogen-bond acceptors (Lipinski definition) is 4. The molecule has 27 heavy (non-hydrogen) atoms. The Morgan fingerprint density at radius 2 is 1.85 bits per heavy atom. The molecule has 2 heterocycles. The van der Waals surface area contributed by atoms with Crippen molar-refractivity contribution in [1.29, 1.82) is 0 Å². The molecule has 1 fully saturated rings. The van der Waals surface area contributed by atoms with Gasteiger partial charge in [-0.3, -0.25) is 4.99 Å². The number of guanidine groups is 1. The third-order valence-electron chi connectivity index (χ3n) is 4.79. The number of benzene rings is 1. The second kappa shape index (κ2) is 9.37. The Hall–Kier alpha value is -2.60. The van der Waals surface area contributed by atoms with Crippen LogP contribution in [0, 0.1) is 13.8 Å². The standard InChI is InChI=1S/C21H29N5O/c1-16-6-7-18(17(2)13-16)14-24-21(22-3)25-15-19-5-4-8-23-20(19)26-9-11-27-12-10-26/h4-8,13H,9-12,14-15H2,1-3H3,(H2,22,24,25). The smallest absolute Gasteiger partial charge is 0.191 e. The fraction of sp³-hybridized carbons (Fsp3) is 0.429. The van der Waals surface area contributed by atoms with E-state index in [9.17, 15) is 0 Å². The Kier molecular flexibility index (Phi) is 6.65. The van der Waals surface area contributed by atoms with Gasteiger partial charge in [0.25, 0.3) is 0 Å². The first-order valence-corrected chi connectivity index (χ1v) is 9.44. The van der Waals surface area contributed by atoms with Gasteiger partial charge in [0, 0.05) is 45.0 Å². The second-order valence-electron chi connectivity index (χ2n) is 6.79. The van der Waals surface area contributed by atoms with Crippen LogP contribution < -0.4 is 15.5 Å². The van der Waals surface area contributed by atoms with Crippen LogP contribution >= 0.6 is 0 Å². The SMILES string of the molecule is CN=C(NCc1ccc(C)cc1C)NCc1cccnc1N1CCOCC1. The Bertz CT molecular complexity index is 784. The van der Waals surface area contributed by atoms with Gasteiger partial charge in [-0.15, -0.1) is 0 Å². The van der Waals surface area contributed by atoms with Gasteiger partial charge in [-0.05, 0) is 31.0 Å². The fourth-order valence-electron chi connectivity index (χ4n) is 3.25. The van der Waals surface area contributed by atoms with E-state index in [2.05, 4.69) is 63.6 Å². The van der Waals surface area contributed by atoms with Gasteiger partial charge < -0.3 is 20.3 Å². The van der Waals surface area contributed by atoms with Crippen LogP contribution in [0.5, 0.6) is 0 Å². The number of aliphatic imine (C=N–C) groups is 1. The molecule has 0 spiro atoms. The zero-order valence-corrected chi connectivity index (χ0v) is 16.5. The van der Waals surface area contributed by atoms with Crippen molar-refractivity contribution in [3.05, 3.63) is 58.8 Å².